The second-order valence-electron chi connectivity index (χ2n) is 5.97. The molecule has 0 amide bonds. The molecule has 2 unspecified atom stereocenters. The summed E-state index contributed by atoms with van der Waals surface area (Å²) in [5, 5.41) is 1.77. The number of hydrogen-bond donors (Lipinski definition) is 3. The molecule has 0 spiro atoms. The smallest absolute Gasteiger partial charge is 0.289 e. The van der Waals surface area contributed by atoms with E-state index in [1.165, 1.54) is 12.2 Å². The van der Waals surface area contributed by atoms with Crippen LogP contribution in [0.25, 0.3) is 10.8 Å². The van der Waals surface area contributed by atoms with Crippen molar-refractivity contribution < 1.29 is 22.6 Å². The number of Topliss-reactive ketones (excluding diaryl/α,β-unsaturated/α-hetero) is 2. The van der Waals surface area contributed by atoms with E-state index in [4.69, 9.17) is 16.0 Å². The van der Waals surface area contributed by atoms with Gasteiger partial charge in [0, 0.05) is 16.5 Å². The third-order valence-electron chi connectivity index (χ3n) is 4.35. The fourth-order valence-corrected chi connectivity index (χ4v) is 3.55. The predicted molar refractivity (Wildman–Crippen MR) is 97.3 cm³/mol. The molecule has 0 saturated heterocycles. The molecule has 4 rings (SSSR count). The highest BCUT2D eigenvalue weighted by molar-refractivity contribution is 7.87. The lowest BCUT2D eigenvalue weighted by molar-refractivity contribution is 0.0825. The standard InChI is InChI=1S/C12H6O2.C6H10N2O3S/c13-11-8-5-1-3-7-4-2-6-9(10(7)8)12(11)14;7-5-3-1-2-4-6(5,8)12(9,10)11/h1-6H;1-5H,7-8H2,(H,9,10,11). The van der Waals surface area contributed by atoms with Gasteiger partial charge in [-0.2, -0.15) is 8.42 Å². The van der Waals surface area contributed by atoms with Crippen molar-refractivity contribution in [1.82, 2.24) is 0 Å². The molecule has 0 aromatic heterocycles. The average molecular weight is 372 g/mol. The van der Waals surface area contributed by atoms with Crippen LogP contribution in [-0.4, -0.2) is 35.4 Å². The van der Waals surface area contributed by atoms with Crippen LogP contribution in [0.5, 0.6) is 0 Å². The number of rotatable bonds is 1. The molecule has 8 heteroatoms. The Morgan fingerprint density at radius 3 is 1.92 bits per heavy atom. The summed E-state index contributed by atoms with van der Waals surface area (Å²) in [5.74, 6) is -0.756. The van der Waals surface area contributed by atoms with Gasteiger partial charge in [-0.3, -0.25) is 14.1 Å². The molecule has 7 nitrogen and oxygen atoms in total. The third-order valence-corrected chi connectivity index (χ3v) is 5.66. The minimum absolute atomic E-state index is 0.378. The highest BCUT2D eigenvalue weighted by Gasteiger charge is 2.42. The molecule has 0 saturated carbocycles. The molecule has 134 valence electrons. The van der Waals surface area contributed by atoms with Gasteiger partial charge in [-0.1, -0.05) is 54.6 Å². The van der Waals surface area contributed by atoms with E-state index in [9.17, 15) is 18.0 Å². The van der Waals surface area contributed by atoms with E-state index in [-0.39, 0.29) is 11.6 Å². The first-order valence-electron chi connectivity index (χ1n) is 7.65. The summed E-state index contributed by atoms with van der Waals surface area (Å²) in [6.07, 6.45) is 5.57. The fourth-order valence-electron chi connectivity index (χ4n) is 2.87. The van der Waals surface area contributed by atoms with Gasteiger partial charge in [0.2, 0.25) is 11.6 Å². The molecular formula is C18H16N2O5S. The van der Waals surface area contributed by atoms with Crippen LogP contribution in [0.15, 0.2) is 60.7 Å². The van der Waals surface area contributed by atoms with E-state index < -0.39 is 21.0 Å². The summed E-state index contributed by atoms with van der Waals surface area (Å²) in [5.41, 5.74) is 11.9. The molecule has 0 fully saturated rings. The summed E-state index contributed by atoms with van der Waals surface area (Å²) in [6.45, 7) is 0. The first-order chi connectivity index (χ1) is 12.2. The zero-order valence-electron chi connectivity index (χ0n) is 13.5. The Bertz CT molecular complexity index is 1040. The summed E-state index contributed by atoms with van der Waals surface area (Å²) in [4.78, 5) is 21.2. The van der Waals surface area contributed by atoms with Crippen molar-refractivity contribution in [2.45, 2.75) is 10.9 Å². The second-order valence-corrected chi connectivity index (χ2v) is 7.62. The van der Waals surface area contributed by atoms with Crippen LogP contribution >= 0.6 is 0 Å². The first-order valence-corrected chi connectivity index (χ1v) is 9.09. The molecular weight excluding hydrogens is 356 g/mol. The van der Waals surface area contributed by atoms with E-state index in [1.807, 2.05) is 12.1 Å². The van der Waals surface area contributed by atoms with Gasteiger partial charge in [0.05, 0.1) is 6.04 Å². The number of carbonyl (C=O) groups is 2. The SMILES string of the molecule is NC1C=CC=CC1(N)S(=O)(=O)O.O=C1C(=O)c2cccc3cccc1c23. The number of allylic oxidation sites excluding steroid dienone is 2. The lowest BCUT2D eigenvalue weighted by Crippen LogP contribution is -2.58. The van der Waals surface area contributed by atoms with Crippen molar-refractivity contribution >= 4 is 32.5 Å². The summed E-state index contributed by atoms with van der Waals surface area (Å²) < 4.78 is 30.3. The topological polar surface area (TPSA) is 141 Å². The van der Waals surface area contributed by atoms with Gasteiger partial charge in [-0.15, -0.1) is 0 Å². The fraction of sp³-hybridized carbons (Fsp3) is 0.111. The first kappa shape index (κ1) is 18.2. The van der Waals surface area contributed by atoms with Crippen LogP contribution in [0.1, 0.15) is 20.7 Å². The molecule has 0 heterocycles. The lowest BCUT2D eigenvalue weighted by atomic mass is 10.0. The minimum Gasteiger partial charge on any atom is -0.322 e. The van der Waals surface area contributed by atoms with Gasteiger partial charge in [-0.25, -0.2) is 0 Å². The normalized spacial score (nSPS) is 23.9. The highest BCUT2D eigenvalue weighted by atomic mass is 32.2. The van der Waals surface area contributed by atoms with Gasteiger partial charge < -0.3 is 11.5 Å². The van der Waals surface area contributed by atoms with Gasteiger partial charge in [0.25, 0.3) is 10.1 Å². The van der Waals surface area contributed by atoms with Gasteiger partial charge >= 0.3 is 0 Å². The third kappa shape index (κ3) is 2.78. The van der Waals surface area contributed by atoms with Crippen LogP contribution in [-0.2, 0) is 10.1 Å². The molecule has 0 radical (unpaired) electrons. The van der Waals surface area contributed by atoms with Crippen molar-refractivity contribution in [3.63, 3.8) is 0 Å². The maximum atomic E-state index is 11.5. The molecule has 2 atom stereocenters. The van der Waals surface area contributed by atoms with Crippen molar-refractivity contribution in [3.8, 4) is 0 Å². The molecule has 0 bridgehead atoms. The van der Waals surface area contributed by atoms with E-state index in [2.05, 4.69) is 0 Å². The Morgan fingerprint density at radius 2 is 1.50 bits per heavy atom. The largest absolute Gasteiger partial charge is 0.322 e. The van der Waals surface area contributed by atoms with E-state index in [0.29, 0.717) is 11.1 Å². The monoisotopic (exact) mass is 372 g/mol. The Labute approximate surface area is 149 Å². The van der Waals surface area contributed by atoms with Crippen molar-refractivity contribution in [1.29, 1.82) is 0 Å². The second kappa shape index (κ2) is 6.26. The Kier molecular flexibility index (Phi) is 4.37. The molecule has 26 heavy (non-hydrogen) atoms. The number of benzene rings is 2. The summed E-state index contributed by atoms with van der Waals surface area (Å²) in [6, 6.07) is 9.92. The quantitative estimate of drug-likeness (QED) is 0.504. The van der Waals surface area contributed by atoms with E-state index in [0.717, 1.165) is 16.8 Å². The van der Waals surface area contributed by atoms with Crippen molar-refractivity contribution in [2.24, 2.45) is 11.5 Å². The molecule has 2 aliphatic rings. The molecule has 2 aromatic carbocycles. The van der Waals surface area contributed by atoms with Gasteiger partial charge in [0.1, 0.15) is 0 Å². The summed E-state index contributed by atoms with van der Waals surface area (Å²) >= 11 is 0. The molecule has 2 aliphatic carbocycles. The lowest BCUT2D eigenvalue weighted by Gasteiger charge is -2.28. The van der Waals surface area contributed by atoms with Crippen LogP contribution in [0.2, 0.25) is 0 Å². The zero-order valence-corrected chi connectivity index (χ0v) is 14.3. The maximum absolute atomic E-state index is 11.5. The minimum atomic E-state index is -4.36. The van der Waals surface area contributed by atoms with Crippen LogP contribution in [0.3, 0.4) is 0 Å². The van der Waals surface area contributed by atoms with E-state index in [1.54, 1.807) is 30.3 Å². The number of ketones is 2. The van der Waals surface area contributed by atoms with Crippen molar-refractivity contribution in [3.05, 3.63) is 71.8 Å². The Balaban J connectivity index is 0.000000153. The van der Waals surface area contributed by atoms with E-state index >= 15 is 0 Å². The molecule has 0 aliphatic heterocycles. The number of hydrogen-bond acceptors (Lipinski definition) is 6. The summed E-state index contributed by atoms with van der Waals surface area (Å²) in [7, 11) is -4.36. The van der Waals surface area contributed by atoms with Crippen LogP contribution in [0.4, 0.5) is 0 Å². The van der Waals surface area contributed by atoms with Gasteiger partial charge in [0.15, 0.2) is 4.87 Å². The Morgan fingerprint density at radius 1 is 0.962 bits per heavy atom. The number of carbonyl (C=O) groups excluding carboxylic acids is 2. The van der Waals surface area contributed by atoms with Gasteiger partial charge in [-0.05, 0) is 11.5 Å². The predicted octanol–water partition coefficient (Wildman–Crippen LogP) is 1.20. The highest BCUT2D eigenvalue weighted by Crippen LogP contribution is 2.30. The molecule has 2 aromatic rings. The van der Waals surface area contributed by atoms with Crippen LogP contribution < -0.4 is 11.5 Å². The average Bonchev–Trinajstić information content (AvgIpc) is 2.85. The number of nitrogens with two attached hydrogens (primary N) is 2. The molecule has 5 N–H and O–H groups in total. The zero-order chi connectivity index (χ0) is 19.1. The van der Waals surface area contributed by atoms with Crippen LogP contribution in [0, 0.1) is 0 Å². The Hall–Kier alpha value is -2.65. The van der Waals surface area contributed by atoms with Crippen molar-refractivity contribution in [2.75, 3.05) is 0 Å². The maximum Gasteiger partial charge on any atom is 0.289 e.